The van der Waals surface area contributed by atoms with Gasteiger partial charge in [0.15, 0.2) is 0 Å². The third-order valence-corrected chi connectivity index (χ3v) is 3.07. The molecule has 0 aliphatic carbocycles. The summed E-state index contributed by atoms with van der Waals surface area (Å²) in [5.74, 6) is 0. The highest BCUT2D eigenvalue weighted by atomic mass is 16.1. The van der Waals surface area contributed by atoms with Crippen molar-refractivity contribution in [2.45, 2.75) is 6.54 Å². The van der Waals surface area contributed by atoms with Crippen LogP contribution in [0.15, 0.2) is 60.8 Å². The van der Waals surface area contributed by atoms with E-state index >= 15 is 0 Å². The van der Waals surface area contributed by atoms with Crippen molar-refractivity contribution >= 4 is 6.29 Å². The summed E-state index contributed by atoms with van der Waals surface area (Å²) in [6.07, 6.45) is 2.74. The first-order valence-corrected chi connectivity index (χ1v) is 6.35. The Morgan fingerprint density at radius 1 is 1.00 bits per heavy atom. The first-order valence-electron chi connectivity index (χ1n) is 6.35. The second-order valence-electron chi connectivity index (χ2n) is 4.53. The van der Waals surface area contributed by atoms with E-state index in [0.29, 0.717) is 12.1 Å². The third-order valence-electron chi connectivity index (χ3n) is 3.07. The number of rotatable bonds is 4. The van der Waals surface area contributed by atoms with E-state index in [1.54, 1.807) is 16.8 Å². The SMILES string of the molecule is O=Cc1ccc(-c2cn(Cc3ccccc3)nn2)cc1. The van der Waals surface area contributed by atoms with Crippen molar-refractivity contribution in [3.8, 4) is 11.3 Å². The smallest absolute Gasteiger partial charge is 0.150 e. The highest BCUT2D eigenvalue weighted by molar-refractivity contribution is 5.76. The van der Waals surface area contributed by atoms with Gasteiger partial charge in [-0.25, -0.2) is 4.68 Å². The number of hydrogen-bond acceptors (Lipinski definition) is 3. The molecule has 0 aliphatic rings. The first kappa shape index (κ1) is 12.3. The normalized spacial score (nSPS) is 10.4. The van der Waals surface area contributed by atoms with E-state index < -0.39 is 0 Å². The lowest BCUT2D eigenvalue weighted by molar-refractivity contribution is 0.112. The summed E-state index contributed by atoms with van der Waals surface area (Å²) in [7, 11) is 0. The van der Waals surface area contributed by atoms with Gasteiger partial charge in [0.2, 0.25) is 0 Å². The van der Waals surface area contributed by atoms with Gasteiger partial charge in [0, 0.05) is 11.1 Å². The van der Waals surface area contributed by atoms with E-state index in [1.165, 1.54) is 5.56 Å². The van der Waals surface area contributed by atoms with E-state index in [4.69, 9.17) is 0 Å². The highest BCUT2D eigenvalue weighted by Crippen LogP contribution is 2.16. The number of carbonyl (C=O) groups excluding carboxylic acids is 1. The minimum absolute atomic E-state index is 0.658. The Morgan fingerprint density at radius 3 is 2.45 bits per heavy atom. The molecule has 20 heavy (non-hydrogen) atoms. The fraction of sp³-hybridized carbons (Fsp3) is 0.0625. The Balaban J connectivity index is 1.80. The molecule has 0 saturated heterocycles. The minimum atomic E-state index is 0.658. The molecular formula is C16H13N3O. The largest absolute Gasteiger partial charge is 0.298 e. The lowest BCUT2D eigenvalue weighted by atomic mass is 10.1. The molecule has 3 aromatic rings. The molecule has 4 nitrogen and oxygen atoms in total. The zero-order valence-corrected chi connectivity index (χ0v) is 10.8. The Labute approximate surface area is 116 Å². The average Bonchev–Trinajstić information content (AvgIpc) is 2.97. The zero-order valence-electron chi connectivity index (χ0n) is 10.8. The van der Waals surface area contributed by atoms with Crippen LogP contribution in [0, 0.1) is 0 Å². The molecule has 0 spiro atoms. The van der Waals surface area contributed by atoms with Gasteiger partial charge in [-0.05, 0) is 5.56 Å². The van der Waals surface area contributed by atoms with Crippen LogP contribution < -0.4 is 0 Å². The van der Waals surface area contributed by atoms with Gasteiger partial charge in [-0.15, -0.1) is 5.10 Å². The summed E-state index contributed by atoms with van der Waals surface area (Å²) in [4.78, 5) is 10.6. The van der Waals surface area contributed by atoms with Crippen LogP contribution in [0.5, 0.6) is 0 Å². The Morgan fingerprint density at radius 2 is 1.75 bits per heavy atom. The number of benzene rings is 2. The number of nitrogens with zero attached hydrogens (tertiary/aromatic N) is 3. The van der Waals surface area contributed by atoms with Crippen LogP contribution in [-0.4, -0.2) is 21.3 Å². The van der Waals surface area contributed by atoms with Gasteiger partial charge in [0.25, 0.3) is 0 Å². The molecule has 2 aromatic carbocycles. The monoisotopic (exact) mass is 263 g/mol. The van der Waals surface area contributed by atoms with Gasteiger partial charge < -0.3 is 0 Å². The van der Waals surface area contributed by atoms with Crippen LogP contribution in [0.3, 0.4) is 0 Å². The summed E-state index contributed by atoms with van der Waals surface area (Å²) >= 11 is 0. The standard InChI is InChI=1S/C16H13N3O/c20-12-14-6-8-15(9-7-14)16-11-19(18-17-16)10-13-4-2-1-3-5-13/h1-9,11-12H,10H2. The van der Waals surface area contributed by atoms with Gasteiger partial charge >= 0.3 is 0 Å². The zero-order chi connectivity index (χ0) is 13.8. The molecule has 0 N–H and O–H groups in total. The molecule has 0 atom stereocenters. The Hall–Kier alpha value is -2.75. The molecular weight excluding hydrogens is 250 g/mol. The lowest BCUT2D eigenvalue weighted by Gasteiger charge is -1.99. The predicted octanol–water partition coefficient (Wildman–Crippen LogP) is 2.81. The molecule has 0 radical (unpaired) electrons. The molecule has 3 rings (SSSR count). The molecule has 0 saturated carbocycles. The summed E-state index contributed by atoms with van der Waals surface area (Å²) in [5.41, 5.74) is 3.60. The molecule has 0 aliphatic heterocycles. The Bertz CT molecular complexity index is 702. The summed E-state index contributed by atoms with van der Waals surface area (Å²) in [5, 5.41) is 8.29. The third kappa shape index (κ3) is 2.64. The summed E-state index contributed by atoms with van der Waals surface area (Å²) < 4.78 is 1.80. The van der Waals surface area contributed by atoms with Crippen molar-refractivity contribution in [2.24, 2.45) is 0 Å². The van der Waals surface area contributed by atoms with Crippen molar-refractivity contribution in [3.63, 3.8) is 0 Å². The fourth-order valence-electron chi connectivity index (χ4n) is 2.01. The first-order chi connectivity index (χ1) is 9.85. The molecule has 98 valence electrons. The van der Waals surface area contributed by atoms with E-state index in [0.717, 1.165) is 17.5 Å². The minimum Gasteiger partial charge on any atom is -0.298 e. The maximum absolute atomic E-state index is 10.6. The lowest BCUT2D eigenvalue weighted by Crippen LogP contribution is -1.99. The van der Waals surface area contributed by atoms with Gasteiger partial charge in [-0.1, -0.05) is 59.8 Å². The average molecular weight is 263 g/mol. The van der Waals surface area contributed by atoms with E-state index in [-0.39, 0.29) is 0 Å². The van der Waals surface area contributed by atoms with E-state index in [1.807, 2.05) is 36.5 Å². The summed E-state index contributed by atoms with van der Waals surface area (Å²) in [6, 6.07) is 17.4. The molecule has 0 amide bonds. The van der Waals surface area contributed by atoms with Crippen molar-refractivity contribution in [1.82, 2.24) is 15.0 Å². The van der Waals surface area contributed by atoms with E-state index in [2.05, 4.69) is 22.4 Å². The Kier molecular flexibility index (Phi) is 3.37. The van der Waals surface area contributed by atoms with Crippen LogP contribution in [0.2, 0.25) is 0 Å². The maximum Gasteiger partial charge on any atom is 0.150 e. The van der Waals surface area contributed by atoms with Crippen LogP contribution in [0.25, 0.3) is 11.3 Å². The quantitative estimate of drug-likeness (QED) is 0.680. The van der Waals surface area contributed by atoms with Crippen molar-refractivity contribution in [2.75, 3.05) is 0 Å². The number of hydrogen-bond donors (Lipinski definition) is 0. The second-order valence-corrected chi connectivity index (χ2v) is 4.53. The van der Waals surface area contributed by atoms with Crippen LogP contribution in [0.1, 0.15) is 15.9 Å². The molecule has 0 bridgehead atoms. The van der Waals surface area contributed by atoms with Gasteiger partial charge in [0.05, 0.1) is 12.7 Å². The topological polar surface area (TPSA) is 47.8 Å². The van der Waals surface area contributed by atoms with E-state index in [9.17, 15) is 4.79 Å². The molecule has 4 heteroatoms. The van der Waals surface area contributed by atoms with Crippen molar-refractivity contribution < 1.29 is 4.79 Å². The number of carbonyl (C=O) groups is 1. The second kappa shape index (κ2) is 5.48. The van der Waals surface area contributed by atoms with Crippen LogP contribution >= 0.6 is 0 Å². The van der Waals surface area contributed by atoms with Gasteiger partial charge in [-0.2, -0.15) is 0 Å². The number of aldehydes is 1. The van der Waals surface area contributed by atoms with Crippen LogP contribution in [-0.2, 0) is 6.54 Å². The maximum atomic E-state index is 10.6. The van der Waals surface area contributed by atoms with Crippen molar-refractivity contribution in [3.05, 3.63) is 71.9 Å². The predicted molar refractivity (Wildman–Crippen MR) is 76.4 cm³/mol. The molecule has 1 heterocycles. The molecule has 0 fully saturated rings. The van der Waals surface area contributed by atoms with Gasteiger partial charge in [0.1, 0.15) is 12.0 Å². The number of aromatic nitrogens is 3. The summed E-state index contributed by atoms with van der Waals surface area (Å²) in [6.45, 7) is 0.695. The fourth-order valence-corrected chi connectivity index (χ4v) is 2.01. The molecule has 1 aromatic heterocycles. The van der Waals surface area contributed by atoms with Crippen LogP contribution in [0.4, 0.5) is 0 Å². The van der Waals surface area contributed by atoms with Gasteiger partial charge in [-0.3, -0.25) is 4.79 Å². The molecule has 0 unspecified atom stereocenters. The highest BCUT2D eigenvalue weighted by Gasteiger charge is 2.04. The van der Waals surface area contributed by atoms with Crippen molar-refractivity contribution in [1.29, 1.82) is 0 Å².